The molecule has 0 saturated carbocycles. The third-order valence-corrected chi connectivity index (χ3v) is 2.23. The second-order valence-corrected chi connectivity index (χ2v) is 3.37. The second-order valence-electron chi connectivity index (χ2n) is 3.37. The van der Waals surface area contributed by atoms with E-state index in [2.05, 4.69) is 19.1 Å². The molecule has 70 valence electrons. The van der Waals surface area contributed by atoms with E-state index in [1.165, 1.54) is 17.7 Å². The first kappa shape index (κ1) is 8.95. The van der Waals surface area contributed by atoms with Crippen molar-refractivity contribution in [3.63, 3.8) is 0 Å². The van der Waals surface area contributed by atoms with E-state index in [0.29, 0.717) is 0 Å². The SMILES string of the molecule is Cc1ccc(-c2ccc(F)cc2)cc1. The normalized spacial score (nSPS) is 10.1. The summed E-state index contributed by atoms with van der Waals surface area (Å²) in [7, 11) is 0. The predicted molar refractivity (Wildman–Crippen MR) is 56.6 cm³/mol. The molecule has 2 rings (SSSR count). The van der Waals surface area contributed by atoms with Crippen molar-refractivity contribution in [1.82, 2.24) is 0 Å². The van der Waals surface area contributed by atoms with Gasteiger partial charge in [-0.1, -0.05) is 42.0 Å². The van der Waals surface area contributed by atoms with Gasteiger partial charge in [-0.3, -0.25) is 0 Å². The minimum Gasteiger partial charge on any atom is -0.207 e. The summed E-state index contributed by atoms with van der Waals surface area (Å²) >= 11 is 0. The van der Waals surface area contributed by atoms with Crippen molar-refractivity contribution in [3.05, 3.63) is 59.9 Å². The number of hydrogen-bond donors (Lipinski definition) is 0. The maximum absolute atomic E-state index is 12.7. The van der Waals surface area contributed by atoms with E-state index in [9.17, 15) is 4.39 Å². The molecule has 0 saturated heterocycles. The maximum atomic E-state index is 12.7. The van der Waals surface area contributed by atoms with Crippen LogP contribution in [0.25, 0.3) is 11.1 Å². The Morgan fingerprint density at radius 2 is 1.14 bits per heavy atom. The molecule has 0 bridgehead atoms. The molecule has 0 heterocycles. The van der Waals surface area contributed by atoms with Gasteiger partial charge in [0.2, 0.25) is 0 Å². The Kier molecular flexibility index (Phi) is 2.32. The summed E-state index contributed by atoms with van der Waals surface area (Å²) in [4.78, 5) is 0. The molecule has 0 N–H and O–H groups in total. The fourth-order valence-corrected chi connectivity index (χ4v) is 1.39. The Bertz CT molecular complexity index is 368. The van der Waals surface area contributed by atoms with Gasteiger partial charge >= 0.3 is 0 Å². The molecule has 0 aliphatic rings. The lowest BCUT2D eigenvalue weighted by Crippen LogP contribution is -1.79. The fraction of sp³-hybridized carbons (Fsp3) is 0.0769. The predicted octanol–water partition coefficient (Wildman–Crippen LogP) is 3.80. The Morgan fingerprint density at radius 1 is 0.714 bits per heavy atom. The Morgan fingerprint density at radius 3 is 1.64 bits per heavy atom. The summed E-state index contributed by atoms with van der Waals surface area (Å²) in [6.45, 7) is 2.05. The Labute approximate surface area is 83.0 Å². The lowest BCUT2D eigenvalue weighted by atomic mass is 10.0. The monoisotopic (exact) mass is 186 g/mol. The van der Waals surface area contributed by atoms with E-state index in [-0.39, 0.29) is 5.82 Å². The quantitative estimate of drug-likeness (QED) is 0.635. The maximum Gasteiger partial charge on any atom is 0.123 e. The number of aryl methyl sites for hydroxylation is 1. The summed E-state index contributed by atoms with van der Waals surface area (Å²) in [5.41, 5.74) is 3.40. The third-order valence-electron chi connectivity index (χ3n) is 2.23. The van der Waals surface area contributed by atoms with Crippen LogP contribution in [0.4, 0.5) is 4.39 Å². The van der Waals surface area contributed by atoms with Crippen molar-refractivity contribution < 1.29 is 4.39 Å². The van der Waals surface area contributed by atoms with Crippen LogP contribution in [0.3, 0.4) is 0 Å². The van der Waals surface area contributed by atoms with E-state index in [1.54, 1.807) is 12.1 Å². The molecule has 1 heteroatoms. The van der Waals surface area contributed by atoms with E-state index >= 15 is 0 Å². The molecular weight excluding hydrogens is 175 g/mol. The van der Waals surface area contributed by atoms with E-state index < -0.39 is 0 Å². The number of hydrogen-bond acceptors (Lipinski definition) is 0. The number of halogens is 1. The van der Waals surface area contributed by atoms with E-state index in [1.807, 2.05) is 12.1 Å². The van der Waals surface area contributed by atoms with E-state index in [0.717, 1.165) is 11.1 Å². The fourth-order valence-electron chi connectivity index (χ4n) is 1.39. The van der Waals surface area contributed by atoms with Crippen LogP contribution >= 0.6 is 0 Å². The van der Waals surface area contributed by atoms with Gasteiger partial charge in [-0.2, -0.15) is 0 Å². The molecule has 0 spiro atoms. The minimum absolute atomic E-state index is 0.194. The molecule has 2 aromatic carbocycles. The molecule has 0 amide bonds. The van der Waals surface area contributed by atoms with Crippen LogP contribution in [0.5, 0.6) is 0 Å². The van der Waals surface area contributed by atoms with Crippen LogP contribution in [0.15, 0.2) is 48.5 Å². The van der Waals surface area contributed by atoms with Crippen LogP contribution in [0.1, 0.15) is 5.56 Å². The van der Waals surface area contributed by atoms with Crippen molar-refractivity contribution in [2.45, 2.75) is 6.92 Å². The largest absolute Gasteiger partial charge is 0.207 e. The lowest BCUT2D eigenvalue weighted by Gasteiger charge is -2.01. The molecule has 0 nitrogen and oxygen atoms in total. The molecule has 0 aliphatic carbocycles. The minimum atomic E-state index is -0.194. The molecule has 2 aromatic rings. The van der Waals surface area contributed by atoms with Gasteiger partial charge in [0.15, 0.2) is 0 Å². The van der Waals surface area contributed by atoms with Gasteiger partial charge in [0.1, 0.15) is 5.82 Å². The molecule has 14 heavy (non-hydrogen) atoms. The molecule has 0 aromatic heterocycles. The highest BCUT2D eigenvalue weighted by Gasteiger charge is 1.96. The van der Waals surface area contributed by atoms with Gasteiger partial charge in [-0.05, 0) is 30.2 Å². The van der Waals surface area contributed by atoms with Crippen molar-refractivity contribution in [2.75, 3.05) is 0 Å². The topological polar surface area (TPSA) is 0 Å². The Balaban J connectivity index is 2.40. The van der Waals surface area contributed by atoms with Crippen LogP contribution in [-0.4, -0.2) is 0 Å². The van der Waals surface area contributed by atoms with Gasteiger partial charge in [0.25, 0.3) is 0 Å². The van der Waals surface area contributed by atoms with Crippen LogP contribution in [0, 0.1) is 12.7 Å². The lowest BCUT2D eigenvalue weighted by molar-refractivity contribution is 0.628. The second kappa shape index (κ2) is 3.62. The first-order valence-electron chi connectivity index (χ1n) is 4.58. The molecule has 0 aliphatic heterocycles. The average Bonchev–Trinajstić information content (AvgIpc) is 2.21. The van der Waals surface area contributed by atoms with Crippen LogP contribution in [0.2, 0.25) is 0 Å². The van der Waals surface area contributed by atoms with Crippen molar-refractivity contribution >= 4 is 0 Å². The summed E-state index contributed by atoms with van der Waals surface area (Å²) in [5, 5.41) is 0. The molecule has 0 unspecified atom stereocenters. The summed E-state index contributed by atoms with van der Waals surface area (Å²) in [6.07, 6.45) is 0. The molecule has 0 radical (unpaired) electrons. The smallest absolute Gasteiger partial charge is 0.123 e. The van der Waals surface area contributed by atoms with Gasteiger partial charge in [0, 0.05) is 0 Å². The Hall–Kier alpha value is -1.63. The standard InChI is InChI=1S/C13H11F/c1-10-2-4-11(5-3-10)12-6-8-13(14)9-7-12/h2-9H,1H3. The highest BCUT2D eigenvalue weighted by atomic mass is 19.1. The van der Waals surface area contributed by atoms with Gasteiger partial charge in [0.05, 0.1) is 0 Å². The zero-order valence-corrected chi connectivity index (χ0v) is 8.00. The molecule has 0 fully saturated rings. The number of rotatable bonds is 1. The van der Waals surface area contributed by atoms with Crippen molar-refractivity contribution in [1.29, 1.82) is 0 Å². The van der Waals surface area contributed by atoms with Crippen molar-refractivity contribution in [3.8, 4) is 11.1 Å². The van der Waals surface area contributed by atoms with Crippen molar-refractivity contribution in [2.24, 2.45) is 0 Å². The van der Waals surface area contributed by atoms with E-state index in [4.69, 9.17) is 0 Å². The zero-order valence-electron chi connectivity index (χ0n) is 8.00. The summed E-state index contributed by atoms with van der Waals surface area (Å²) < 4.78 is 12.7. The number of benzene rings is 2. The van der Waals surface area contributed by atoms with Gasteiger partial charge < -0.3 is 0 Å². The molecular formula is C13H11F. The average molecular weight is 186 g/mol. The summed E-state index contributed by atoms with van der Waals surface area (Å²) in [6, 6.07) is 14.7. The first-order valence-corrected chi connectivity index (χ1v) is 4.58. The highest BCUT2D eigenvalue weighted by molar-refractivity contribution is 5.63. The summed E-state index contributed by atoms with van der Waals surface area (Å²) in [5.74, 6) is -0.194. The van der Waals surface area contributed by atoms with Crippen LogP contribution in [-0.2, 0) is 0 Å². The highest BCUT2D eigenvalue weighted by Crippen LogP contribution is 2.19. The first-order chi connectivity index (χ1) is 6.75. The molecule has 0 atom stereocenters. The third kappa shape index (κ3) is 1.82. The zero-order chi connectivity index (χ0) is 9.97. The van der Waals surface area contributed by atoms with Crippen LogP contribution < -0.4 is 0 Å². The van der Waals surface area contributed by atoms with Gasteiger partial charge in [-0.15, -0.1) is 0 Å². The van der Waals surface area contributed by atoms with Gasteiger partial charge in [-0.25, -0.2) is 4.39 Å².